The molecule has 0 aliphatic heterocycles. The van der Waals surface area contributed by atoms with Crippen LogP contribution in [0, 0.1) is 0 Å². The van der Waals surface area contributed by atoms with E-state index in [1.807, 2.05) is 41.0 Å². The summed E-state index contributed by atoms with van der Waals surface area (Å²) in [6, 6.07) is 3.87. The number of rotatable bonds is 6. The average Bonchev–Trinajstić information content (AvgIpc) is 2.25. The monoisotopic (exact) mass is 326 g/mol. The number of aromatic nitrogens is 1. The third kappa shape index (κ3) is 4.47. The number of nitrogens with zero attached hydrogens (tertiary/aromatic N) is 1. The molecule has 0 unspecified atom stereocenters. The molecule has 0 aliphatic carbocycles. The molecule has 0 fully saturated rings. The Hall–Kier alpha value is -0.0100. The molecule has 0 atom stereocenters. The summed E-state index contributed by atoms with van der Waals surface area (Å²) in [6.45, 7) is 1.17. The first-order valence-electron chi connectivity index (χ1n) is 4.15. The maximum Gasteiger partial charge on any atom is 0.283 e. The quantitative estimate of drug-likeness (QED) is 0.274. The van der Waals surface area contributed by atoms with Crippen LogP contribution < -0.4 is 27.3 Å². The summed E-state index contributed by atoms with van der Waals surface area (Å²) < 4.78 is 11.2. The molecular formula is C9H13INO2S+. The maximum atomic E-state index is 5.36. The predicted molar refractivity (Wildman–Crippen MR) is 53.7 cm³/mol. The molecule has 0 aliphatic rings. The average molecular weight is 326 g/mol. The SMILES string of the molecule is CSc1ccc(OCCOC[IH+])nc1. The minimum atomic E-state index is 0.557. The Morgan fingerprint density at radius 2 is 2.29 bits per heavy atom. The minimum absolute atomic E-state index is 0.557. The van der Waals surface area contributed by atoms with E-state index in [2.05, 4.69) is 4.98 Å². The van der Waals surface area contributed by atoms with Crippen LogP contribution in [0.1, 0.15) is 0 Å². The van der Waals surface area contributed by atoms with Crippen molar-refractivity contribution < 1.29 is 32.1 Å². The van der Waals surface area contributed by atoms with Gasteiger partial charge in [-0.15, -0.1) is 11.8 Å². The van der Waals surface area contributed by atoms with Gasteiger partial charge in [0.15, 0.2) is 0 Å². The number of hydrogen-bond donors (Lipinski definition) is 0. The van der Waals surface area contributed by atoms with Crippen LogP contribution in [0.5, 0.6) is 5.88 Å². The number of hydrogen-bond acceptors (Lipinski definition) is 4. The summed E-state index contributed by atoms with van der Waals surface area (Å²) in [5, 5.41) is 0. The van der Waals surface area contributed by atoms with Crippen molar-refractivity contribution in [3.05, 3.63) is 18.3 Å². The zero-order chi connectivity index (χ0) is 10.2. The number of ether oxygens (including phenoxy) is 2. The van der Waals surface area contributed by atoms with E-state index in [0.717, 1.165) is 9.51 Å². The van der Waals surface area contributed by atoms with Gasteiger partial charge in [-0.2, -0.15) is 0 Å². The molecule has 0 bridgehead atoms. The lowest BCUT2D eigenvalue weighted by atomic mass is 10.5. The molecular weight excluding hydrogens is 313 g/mol. The van der Waals surface area contributed by atoms with Gasteiger partial charge in [-0.3, -0.25) is 0 Å². The highest BCUT2D eigenvalue weighted by Gasteiger charge is 1.96. The van der Waals surface area contributed by atoms with E-state index in [9.17, 15) is 0 Å². The van der Waals surface area contributed by atoms with Gasteiger partial charge in [0.2, 0.25) is 10.5 Å². The van der Waals surface area contributed by atoms with Gasteiger partial charge in [0.1, 0.15) is 6.61 Å². The van der Waals surface area contributed by atoms with Gasteiger partial charge in [0.25, 0.3) is 22.6 Å². The van der Waals surface area contributed by atoms with E-state index < -0.39 is 0 Å². The lowest BCUT2D eigenvalue weighted by Gasteiger charge is -2.04. The Labute approximate surface area is 102 Å². The fraction of sp³-hybridized carbons (Fsp3) is 0.444. The molecule has 0 saturated heterocycles. The van der Waals surface area contributed by atoms with Gasteiger partial charge in [-0.1, -0.05) is 0 Å². The van der Waals surface area contributed by atoms with Gasteiger partial charge in [-0.05, 0) is 12.3 Å². The molecule has 14 heavy (non-hydrogen) atoms. The summed E-state index contributed by atoms with van der Waals surface area (Å²) in [7, 11) is 0. The number of pyridine rings is 1. The summed E-state index contributed by atoms with van der Waals surface area (Å²) in [5.41, 5.74) is 0. The second-order valence-corrected chi connectivity index (χ2v) is 3.96. The van der Waals surface area contributed by atoms with Crippen LogP contribution in [0.3, 0.4) is 0 Å². The smallest absolute Gasteiger partial charge is 0.283 e. The molecule has 0 amide bonds. The first-order chi connectivity index (χ1) is 6.86. The van der Waals surface area contributed by atoms with Gasteiger partial charge in [-0.25, -0.2) is 4.98 Å². The highest BCUT2D eigenvalue weighted by atomic mass is 127. The van der Waals surface area contributed by atoms with Crippen molar-refractivity contribution in [1.82, 2.24) is 4.98 Å². The summed E-state index contributed by atoms with van der Waals surface area (Å²) >= 11 is 3.57. The molecule has 3 nitrogen and oxygen atoms in total. The van der Waals surface area contributed by atoms with E-state index in [0.29, 0.717) is 19.1 Å². The van der Waals surface area contributed by atoms with Crippen LogP contribution in [0.2, 0.25) is 0 Å². The van der Waals surface area contributed by atoms with Crippen molar-refractivity contribution in [1.29, 1.82) is 0 Å². The van der Waals surface area contributed by atoms with Gasteiger partial charge in [0, 0.05) is 17.2 Å². The molecule has 1 aromatic rings. The van der Waals surface area contributed by atoms with E-state index >= 15 is 0 Å². The van der Waals surface area contributed by atoms with Crippen molar-refractivity contribution >= 4 is 11.8 Å². The van der Waals surface area contributed by atoms with E-state index in [1.54, 1.807) is 18.0 Å². The third-order valence-electron chi connectivity index (χ3n) is 1.51. The molecule has 0 aromatic carbocycles. The highest BCUT2D eigenvalue weighted by molar-refractivity contribution is 7.98. The lowest BCUT2D eigenvalue weighted by molar-refractivity contribution is -0.431. The van der Waals surface area contributed by atoms with E-state index in [-0.39, 0.29) is 0 Å². The first kappa shape index (κ1) is 12.1. The Bertz CT molecular complexity index is 255. The van der Waals surface area contributed by atoms with Crippen LogP contribution in [-0.4, -0.2) is 29.1 Å². The van der Waals surface area contributed by atoms with Crippen LogP contribution >= 0.6 is 11.8 Å². The second-order valence-electron chi connectivity index (χ2n) is 2.41. The normalized spacial score (nSPS) is 10.1. The van der Waals surface area contributed by atoms with Crippen molar-refractivity contribution in [3.63, 3.8) is 0 Å². The van der Waals surface area contributed by atoms with Crippen molar-refractivity contribution in [2.45, 2.75) is 4.90 Å². The number of thioether (sulfide) groups is 1. The zero-order valence-electron chi connectivity index (χ0n) is 7.93. The van der Waals surface area contributed by atoms with E-state index in [4.69, 9.17) is 9.47 Å². The lowest BCUT2D eigenvalue weighted by Crippen LogP contribution is -3.35. The largest absolute Gasteiger partial charge is 0.475 e. The Balaban J connectivity index is 2.29. The van der Waals surface area contributed by atoms with Crippen LogP contribution in [0.4, 0.5) is 0 Å². The second kappa shape index (κ2) is 7.30. The fourth-order valence-electron chi connectivity index (χ4n) is 0.837. The first-order valence-corrected chi connectivity index (χ1v) is 7.02. The standard InChI is InChI=1S/C9H13INO2S/c1-14-8-2-3-9(11-6-8)13-5-4-12-7-10/h2-3,6,10H,4-5,7H2,1H3/q+1. The van der Waals surface area contributed by atoms with Gasteiger partial charge < -0.3 is 9.47 Å². The highest BCUT2D eigenvalue weighted by Crippen LogP contribution is 2.15. The zero-order valence-corrected chi connectivity index (χ0v) is 11.1. The van der Waals surface area contributed by atoms with Crippen molar-refractivity contribution in [3.8, 4) is 5.88 Å². The molecule has 0 radical (unpaired) electrons. The minimum Gasteiger partial charge on any atom is -0.475 e. The predicted octanol–water partition coefficient (Wildman–Crippen LogP) is -1.56. The molecule has 78 valence electrons. The van der Waals surface area contributed by atoms with Crippen molar-refractivity contribution in [2.75, 3.05) is 24.1 Å². The maximum absolute atomic E-state index is 5.36. The number of halogens is 1. The van der Waals surface area contributed by atoms with Crippen molar-refractivity contribution in [2.24, 2.45) is 0 Å². The van der Waals surface area contributed by atoms with Gasteiger partial charge >= 0.3 is 0 Å². The summed E-state index contributed by atoms with van der Waals surface area (Å²) in [5.74, 6) is 0.656. The number of alkyl halides is 1. The van der Waals surface area contributed by atoms with Crippen LogP contribution in [0.15, 0.2) is 23.2 Å². The molecule has 0 spiro atoms. The van der Waals surface area contributed by atoms with Crippen LogP contribution in [-0.2, 0) is 4.74 Å². The topological polar surface area (TPSA) is 31.4 Å². The molecule has 1 aromatic heterocycles. The van der Waals surface area contributed by atoms with E-state index in [1.165, 1.54) is 0 Å². The summed E-state index contributed by atoms with van der Waals surface area (Å²) in [4.78, 5) is 5.29. The molecule has 5 heteroatoms. The third-order valence-corrected chi connectivity index (χ3v) is 2.69. The molecule has 1 rings (SSSR count). The molecule has 0 saturated carbocycles. The Morgan fingerprint density at radius 1 is 1.43 bits per heavy atom. The Morgan fingerprint density at radius 3 is 2.86 bits per heavy atom. The Kier molecular flexibility index (Phi) is 6.29. The van der Waals surface area contributed by atoms with Crippen LogP contribution in [0.25, 0.3) is 0 Å². The fourth-order valence-corrected chi connectivity index (χ4v) is 1.54. The van der Waals surface area contributed by atoms with Gasteiger partial charge in [0.05, 0.1) is 6.61 Å². The molecule has 1 heterocycles. The summed E-state index contributed by atoms with van der Waals surface area (Å²) in [6.07, 6.45) is 3.83. The molecule has 0 N–H and O–H groups in total.